The first kappa shape index (κ1) is 17.6. The molecule has 2 aromatic carbocycles. The van der Waals surface area contributed by atoms with Crippen LogP contribution in [0, 0.1) is 35.4 Å². The lowest BCUT2D eigenvalue weighted by Crippen LogP contribution is -1.92. The second-order valence-electron chi connectivity index (χ2n) is 4.95. The minimum Gasteiger partial charge on any atom is -0.205 e. The number of benzene rings is 2. The molecule has 0 spiro atoms. The van der Waals surface area contributed by atoms with Crippen LogP contribution < -0.4 is 0 Å². The molecular formula is C20H13F2NS. The largest absolute Gasteiger partial charge is 0.205 e. The third-order valence-corrected chi connectivity index (χ3v) is 3.26. The van der Waals surface area contributed by atoms with Gasteiger partial charge in [-0.2, -0.15) is 0 Å². The molecule has 0 unspecified atom stereocenters. The Morgan fingerprint density at radius 1 is 0.958 bits per heavy atom. The van der Waals surface area contributed by atoms with Gasteiger partial charge in [-0.25, -0.2) is 8.78 Å². The summed E-state index contributed by atoms with van der Waals surface area (Å²) in [6.07, 6.45) is 2.05. The molecule has 0 saturated carbocycles. The standard InChI is InChI=1S/C20H13F2NS/c1-2-3-15-4-6-16(7-5-15)8-9-18-19(21)12-17(13-20(18)22)10-11-23-14-24/h4-7,12-13H,2-3H2,1H3. The van der Waals surface area contributed by atoms with E-state index in [4.69, 9.17) is 0 Å². The summed E-state index contributed by atoms with van der Waals surface area (Å²) in [6, 6.07) is 12.1. The molecule has 0 amide bonds. The zero-order valence-electron chi connectivity index (χ0n) is 13.0. The van der Waals surface area contributed by atoms with Crippen molar-refractivity contribution in [1.29, 1.82) is 0 Å². The lowest BCUT2D eigenvalue weighted by Gasteiger charge is -1.99. The van der Waals surface area contributed by atoms with Crippen molar-refractivity contribution in [2.24, 2.45) is 4.99 Å². The molecule has 2 aromatic rings. The molecule has 4 heteroatoms. The van der Waals surface area contributed by atoms with Crippen molar-refractivity contribution in [3.8, 4) is 23.8 Å². The topological polar surface area (TPSA) is 12.4 Å². The molecule has 0 fully saturated rings. The summed E-state index contributed by atoms with van der Waals surface area (Å²) >= 11 is 4.36. The minimum atomic E-state index is -0.763. The Balaban J connectivity index is 2.28. The lowest BCUT2D eigenvalue weighted by atomic mass is 10.1. The first-order chi connectivity index (χ1) is 11.6. The van der Waals surface area contributed by atoms with E-state index < -0.39 is 11.6 Å². The molecule has 0 bridgehead atoms. The SMILES string of the molecule is CCCc1ccc(C#Cc2c(F)cc(C#CN=C=S)cc2F)cc1. The van der Waals surface area contributed by atoms with Gasteiger partial charge >= 0.3 is 0 Å². The van der Waals surface area contributed by atoms with E-state index in [1.165, 1.54) is 5.56 Å². The molecule has 0 aliphatic rings. The normalized spacial score (nSPS) is 9.12. The molecule has 24 heavy (non-hydrogen) atoms. The highest BCUT2D eigenvalue weighted by Crippen LogP contribution is 2.14. The first-order valence-corrected chi connectivity index (χ1v) is 7.72. The third-order valence-electron chi connectivity index (χ3n) is 3.17. The number of hydrogen-bond acceptors (Lipinski definition) is 2. The smallest absolute Gasteiger partial charge is 0.143 e. The fourth-order valence-electron chi connectivity index (χ4n) is 2.06. The van der Waals surface area contributed by atoms with Crippen molar-refractivity contribution in [1.82, 2.24) is 0 Å². The van der Waals surface area contributed by atoms with Gasteiger partial charge in [-0.3, -0.25) is 0 Å². The van der Waals surface area contributed by atoms with Gasteiger partial charge in [0.05, 0.1) is 16.8 Å². The van der Waals surface area contributed by atoms with E-state index in [0.29, 0.717) is 5.56 Å². The highest BCUT2D eigenvalue weighted by atomic mass is 32.1. The first-order valence-electron chi connectivity index (χ1n) is 7.32. The van der Waals surface area contributed by atoms with Crippen LogP contribution in [-0.4, -0.2) is 5.16 Å². The van der Waals surface area contributed by atoms with Crippen molar-refractivity contribution < 1.29 is 8.78 Å². The molecule has 0 aliphatic carbocycles. The van der Waals surface area contributed by atoms with E-state index in [1.54, 1.807) is 0 Å². The summed E-state index contributed by atoms with van der Waals surface area (Å²) in [5, 5.41) is 2.05. The average Bonchev–Trinajstić information content (AvgIpc) is 2.56. The minimum absolute atomic E-state index is 0.161. The molecule has 0 heterocycles. The molecular weight excluding hydrogens is 324 g/mol. The van der Waals surface area contributed by atoms with Gasteiger partial charge in [0, 0.05) is 11.1 Å². The lowest BCUT2D eigenvalue weighted by molar-refractivity contribution is 0.577. The van der Waals surface area contributed by atoms with Crippen LogP contribution in [0.1, 0.15) is 35.6 Å². The Kier molecular flexibility index (Phi) is 6.41. The van der Waals surface area contributed by atoms with E-state index in [-0.39, 0.29) is 11.1 Å². The maximum Gasteiger partial charge on any atom is 0.143 e. The fraction of sp³-hybridized carbons (Fsp3) is 0.150. The van der Waals surface area contributed by atoms with Crippen LogP contribution in [0.2, 0.25) is 0 Å². The fourth-order valence-corrected chi connectivity index (χ4v) is 2.10. The maximum atomic E-state index is 14.0. The van der Waals surface area contributed by atoms with Crippen molar-refractivity contribution >= 4 is 17.4 Å². The number of aryl methyl sites for hydroxylation is 1. The molecule has 2 rings (SSSR count). The van der Waals surface area contributed by atoms with Crippen LogP contribution in [0.3, 0.4) is 0 Å². The number of isothiocyanates is 1. The highest BCUT2D eigenvalue weighted by Gasteiger charge is 2.08. The molecule has 0 aliphatic heterocycles. The Hall–Kier alpha value is -2.78. The summed E-state index contributed by atoms with van der Waals surface area (Å²) in [7, 11) is 0. The Bertz CT molecular complexity index is 880. The van der Waals surface area contributed by atoms with Gasteiger partial charge in [0.2, 0.25) is 0 Å². The van der Waals surface area contributed by atoms with Gasteiger partial charge < -0.3 is 0 Å². The Morgan fingerprint density at radius 3 is 2.21 bits per heavy atom. The van der Waals surface area contributed by atoms with Gasteiger partial charge in [0.25, 0.3) is 0 Å². The zero-order chi connectivity index (χ0) is 17.4. The van der Waals surface area contributed by atoms with Crippen LogP contribution in [-0.2, 0) is 6.42 Å². The summed E-state index contributed by atoms with van der Waals surface area (Å²) in [5.41, 5.74) is 1.79. The van der Waals surface area contributed by atoms with E-state index >= 15 is 0 Å². The predicted molar refractivity (Wildman–Crippen MR) is 94.7 cm³/mol. The quantitative estimate of drug-likeness (QED) is 0.438. The third kappa shape index (κ3) is 4.86. The molecule has 0 N–H and O–H groups in total. The van der Waals surface area contributed by atoms with Crippen LogP contribution in [0.15, 0.2) is 41.4 Å². The van der Waals surface area contributed by atoms with Gasteiger partial charge in [0.15, 0.2) is 0 Å². The van der Waals surface area contributed by atoms with Crippen LogP contribution in [0.5, 0.6) is 0 Å². The summed E-state index contributed by atoms with van der Waals surface area (Å²) in [5.74, 6) is 6.26. The number of rotatable bonds is 2. The summed E-state index contributed by atoms with van der Waals surface area (Å²) in [4.78, 5) is 3.38. The highest BCUT2D eigenvalue weighted by molar-refractivity contribution is 7.78. The number of thiocarbonyl (C=S) groups is 1. The van der Waals surface area contributed by atoms with Gasteiger partial charge in [0.1, 0.15) is 11.6 Å². The van der Waals surface area contributed by atoms with Crippen molar-refractivity contribution in [2.45, 2.75) is 19.8 Å². The molecule has 0 radical (unpaired) electrons. The molecule has 0 atom stereocenters. The van der Waals surface area contributed by atoms with Crippen LogP contribution >= 0.6 is 12.2 Å². The Labute approximate surface area is 145 Å². The van der Waals surface area contributed by atoms with Crippen LogP contribution in [0.4, 0.5) is 8.78 Å². The van der Waals surface area contributed by atoms with Crippen LogP contribution in [0.25, 0.3) is 0 Å². The monoisotopic (exact) mass is 337 g/mol. The predicted octanol–water partition coefficient (Wildman–Crippen LogP) is 4.73. The van der Waals surface area contributed by atoms with Gasteiger partial charge in [-0.15, -0.1) is 4.99 Å². The number of halogens is 2. The van der Waals surface area contributed by atoms with E-state index in [2.05, 4.69) is 53.1 Å². The second-order valence-corrected chi connectivity index (χ2v) is 5.13. The van der Waals surface area contributed by atoms with Crippen molar-refractivity contribution in [3.05, 3.63) is 70.3 Å². The maximum absolute atomic E-state index is 14.0. The number of hydrogen-bond donors (Lipinski definition) is 0. The molecule has 118 valence electrons. The average molecular weight is 337 g/mol. The number of nitrogens with zero attached hydrogens (tertiary/aromatic N) is 1. The summed E-state index contributed by atoms with van der Waals surface area (Å²) in [6.45, 7) is 2.11. The van der Waals surface area contributed by atoms with Gasteiger partial charge in [-0.1, -0.05) is 37.3 Å². The van der Waals surface area contributed by atoms with Gasteiger partial charge in [-0.05, 0) is 54.4 Å². The zero-order valence-corrected chi connectivity index (χ0v) is 13.8. The second kappa shape index (κ2) is 8.75. The Morgan fingerprint density at radius 2 is 1.62 bits per heavy atom. The van der Waals surface area contributed by atoms with Crippen molar-refractivity contribution in [3.63, 3.8) is 0 Å². The van der Waals surface area contributed by atoms with E-state index in [1.807, 2.05) is 24.3 Å². The van der Waals surface area contributed by atoms with E-state index in [0.717, 1.165) is 25.0 Å². The van der Waals surface area contributed by atoms with E-state index in [9.17, 15) is 8.78 Å². The summed E-state index contributed by atoms with van der Waals surface area (Å²) < 4.78 is 28.0. The van der Waals surface area contributed by atoms with Crippen molar-refractivity contribution in [2.75, 3.05) is 0 Å². The molecule has 1 nitrogen and oxygen atoms in total. The molecule has 0 saturated heterocycles. The molecule has 0 aromatic heterocycles. The number of aliphatic imine (C=N–C) groups is 1.